The van der Waals surface area contributed by atoms with Crippen LogP contribution in [0.15, 0.2) is 42.5 Å². The van der Waals surface area contributed by atoms with Crippen LogP contribution in [0.4, 0.5) is 5.82 Å². The molecular weight excluding hydrogens is 260 g/mol. The van der Waals surface area contributed by atoms with Gasteiger partial charge in [0.15, 0.2) is 5.82 Å². The van der Waals surface area contributed by atoms with Crippen LogP contribution < -0.4 is 4.90 Å². The van der Waals surface area contributed by atoms with E-state index in [1.807, 2.05) is 13.0 Å². The monoisotopic (exact) mass is 282 g/mol. The predicted octanol–water partition coefficient (Wildman–Crippen LogP) is 2.67. The molecule has 0 N–H and O–H groups in total. The summed E-state index contributed by atoms with van der Waals surface area (Å²) in [6.07, 6.45) is 0. The molecule has 1 aliphatic rings. The van der Waals surface area contributed by atoms with Crippen LogP contribution in [0.5, 0.6) is 0 Å². The van der Waals surface area contributed by atoms with Crippen molar-refractivity contribution in [2.45, 2.75) is 19.9 Å². The molecule has 2 aromatic rings. The van der Waals surface area contributed by atoms with Crippen LogP contribution in [0.25, 0.3) is 0 Å². The summed E-state index contributed by atoms with van der Waals surface area (Å²) in [6.45, 7) is 8.40. The fourth-order valence-corrected chi connectivity index (χ4v) is 2.84. The number of piperazine rings is 1. The van der Waals surface area contributed by atoms with Crippen LogP contribution in [0, 0.1) is 6.92 Å². The van der Waals surface area contributed by atoms with Crippen molar-refractivity contribution in [2.75, 3.05) is 31.1 Å². The maximum Gasteiger partial charge on any atom is 0.151 e. The van der Waals surface area contributed by atoms with Crippen molar-refractivity contribution < 1.29 is 0 Å². The zero-order chi connectivity index (χ0) is 14.7. The van der Waals surface area contributed by atoms with Gasteiger partial charge in [-0.3, -0.25) is 4.90 Å². The summed E-state index contributed by atoms with van der Waals surface area (Å²) >= 11 is 0. The van der Waals surface area contributed by atoms with Crippen LogP contribution in [0.3, 0.4) is 0 Å². The standard InChI is InChI=1S/C17H22N4/c1-14-8-9-17(19-18-14)21-12-10-20(11-13-21)15(2)16-6-4-3-5-7-16/h3-9,15H,10-13H2,1-2H3. The molecule has 1 saturated heterocycles. The Bertz CT molecular complexity index is 559. The van der Waals surface area contributed by atoms with Crippen LogP contribution in [-0.2, 0) is 0 Å². The lowest BCUT2D eigenvalue weighted by Gasteiger charge is -2.38. The summed E-state index contributed by atoms with van der Waals surface area (Å²) in [5, 5.41) is 8.44. The lowest BCUT2D eigenvalue weighted by Crippen LogP contribution is -2.47. The van der Waals surface area contributed by atoms with E-state index in [-0.39, 0.29) is 0 Å². The SMILES string of the molecule is Cc1ccc(N2CCN(C(C)c3ccccc3)CC2)nn1. The first-order chi connectivity index (χ1) is 10.2. The Morgan fingerprint density at radius 3 is 2.24 bits per heavy atom. The first-order valence-electron chi connectivity index (χ1n) is 7.58. The Morgan fingerprint density at radius 1 is 0.905 bits per heavy atom. The Morgan fingerprint density at radius 2 is 1.62 bits per heavy atom. The third-order valence-electron chi connectivity index (χ3n) is 4.25. The summed E-state index contributed by atoms with van der Waals surface area (Å²) in [7, 11) is 0. The largest absolute Gasteiger partial charge is 0.353 e. The average molecular weight is 282 g/mol. The van der Waals surface area contributed by atoms with E-state index < -0.39 is 0 Å². The third-order valence-corrected chi connectivity index (χ3v) is 4.25. The molecular formula is C17H22N4. The highest BCUT2D eigenvalue weighted by Gasteiger charge is 2.22. The van der Waals surface area contributed by atoms with Crippen molar-refractivity contribution in [3.63, 3.8) is 0 Å². The van der Waals surface area contributed by atoms with E-state index in [9.17, 15) is 0 Å². The van der Waals surface area contributed by atoms with Crippen molar-refractivity contribution in [2.24, 2.45) is 0 Å². The molecule has 0 aliphatic carbocycles. The molecule has 0 amide bonds. The maximum absolute atomic E-state index is 4.29. The molecule has 3 rings (SSSR count). The minimum atomic E-state index is 0.470. The molecule has 1 unspecified atom stereocenters. The molecule has 1 aromatic heterocycles. The second-order valence-corrected chi connectivity index (χ2v) is 5.64. The number of nitrogens with zero attached hydrogens (tertiary/aromatic N) is 4. The number of hydrogen-bond acceptors (Lipinski definition) is 4. The molecule has 110 valence electrons. The summed E-state index contributed by atoms with van der Waals surface area (Å²) in [6, 6.07) is 15.3. The van der Waals surface area contributed by atoms with Crippen LogP contribution in [-0.4, -0.2) is 41.3 Å². The normalized spacial score (nSPS) is 17.7. The van der Waals surface area contributed by atoms with Crippen molar-refractivity contribution in [1.29, 1.82) is 0 Å². The lowest BCUT2D eigenvalue weighted by molar-refractivity contribution is 0.198. The van der Waals surface area contributed by atoms with E-state index >= 15 is 0 Å². The second kappa shape index (κ2) is 6.22. The molecule has 0 radical (unpaired) electrons. The van der Waals surface area contributed by atoms with Crippen LogP contribution in [0.1, 0.15) is 24.2 Å². The van der Waals surface area contributed by atoms with Gasteiger partial charge in [-0.15, -0.1) is 5.10 Å². The number of hydrogen-bond donors (Lipinski definition) is 0. The number of rotatable bonds is 3. The molecule has 1 atom stereocenters. The number of aromatic nitrogens is 2. The molecule has 2 heterocycles. The van der Waals surface area contributed by atoms with E-state index in [2.05, 4.69) is 63.3 Å². The quantitative estimate of drug-likeness (QED) is 0.866. The summed E-state index contributed by atoms with van der Waals surface area (Å²) in [5.41, 5.74) is 2.36. The molecule has 0 bridgehead atoms. The molecule has 1 aromatic carbocycles. The van der Waals surface area contributed by atoms with Gasteiger partial charge in [0.05, 0.1) is 5.69 Å². The van der Waals surface area contributed by atoms with Crippen LogP contribution >= 0.6 is 0 Å². The van der Waals surface area contributed by atoms with Gasteiger partial charge in [-0.05, 0) is 31.5 Å². The van der Waals surface area contributed by atoms with E-state index in [4.69, 9.17) is 0 Å². The van der Waals surface area contributed by atoms with E-state index in [1.165, 1.54) is 5.56 Å². The van der Waals surface area contributed by atoms with E-state index in [0.29, 0.717) is 6.04 Å². The highest BCUT2D eigenvalue weighted by Crippen LogP contribution is 2.22. The highest BCUT2D eigenvalue weighted by atomic mass is 15.3. The van der Waals surface area contributed by atoms with Gasteiger partial charge < -0.3 is 4.90 Å². The highest BCUT2D eigenvalue weighted by molar-refractivity contribution is 5.38. The fraction of sp³-hybridized carbons (Fsp3) is 0.412. The number of aryl methyl sites for hydroxylation is 1. The zero-order valence-electron chi connectivity index (χ0n) is 12.7. The van der Waals surface area contributed by atoms with Gasteiger partial charge in [0, 0.05) is 32.2 Å². The second-order valence-electron chi connectivity index (χ2n) is 5.64. The van der Waals surface area contributed by atoms with Crippen molar-refractivity contribution in [3.05, 3.63) is 53.7 Å². The summed E-state index contributed by atoms with van der Waals surface area (Å²) < 4.78 is 0. The van der Waals surface area contributed by atoms with E-state index in [1.54, 1.807) is 0 Å². The molecule has 4 nitrogen and oxygen atoms in total. The van der Waals surface area contributed by atoms with E-state index in [0.717, 1.165) is 37.7 Å². The summed E-state index contributed by atoms with van der Waals surface area (Å²) in [4.78, 5) is 4.86. The first-order valence-corrected chi connectivity index (χ1v) is 7.58. The molecule has 21 heavy (non-hydrogen) atoms. The minimum Gasteiger partial charge on any atom is -0.353 e. The Hall–Kier alpha value is -1.94. The van der Waals surface area contributed by atoms with Gasteiger partial charge in [0.2, 0.25) is 0 Å². The maximum atomic E-state index is 4.29. The molecule has 0 spiro atoms. The van der Waals surface area contributed by atoms with Crippen LogP contribution in [0.2, 0.25) is 0 Å². The van der Waals surface area contributed by atoms with Gasteiger partial charge in [-0.2, -0.15) is 5.10 Å². The third kappa shape index (κ3) is 3.22. The molecule has 1 fully saturated rings. The minimum absolute atomic E-state index is 0.470. The number of anilines is 1. The van der Waals surface area contributed by atoms with Gasteiger partial charge in [-0.1, -0.05) is 30.3 Å². The molecule has 4 heteroatoms. The Kier molecular flexibility index (Phi) is 4.15. The zero-order valence-corrected chi connectivity index (χ0v) is 12.7. The van der Waals surface area contributed by atoms with Crippen molar-refractivity contribution >= 4 is 5.82 Å². The lowest BCUT2D eigenvalue weighted by atomic mass is 10.1. The van der Waals surface area contributed by atoms with Gasteiger partial charge in [0.25, 0.3) is 0 Å². The average Bonchev–Trinajstić information content (AvgIpc) is 2.56. The van der Waals surface area contributed by atoms with Gasteiger partial charge in [-0.25, -0.2) is 0 Å². The topological polar surface area (TPSA) is 32.3 Å². The fourth-order valence-electron chi connectivity index (χ4n) is 2.84. The van der Waals surface area contributed by atoms with Gasteiger partial charge >= 0.3 is 0 Å². The Labute approximate surface area is 126 Å². The van der Waals surface area contributed by atoms with Gasteiger partial charge in [0.1, 0.15) is 0 Å². The first kappa shape index (κ1) is 14.0. The predicted molar refractivity (Wildman–Crippen MR) is 85.4 cm³/mol. The Balaban J connectivity index is 1.61. The molecule has 0 saturated carbocycles. The van der Waals surface area contributed by atoms with Crippen molar-refractivity contribution in [3.8, 4) is 0 Å². The van der Waals surface area contributed by atoms with Crippen molar-refractivity contribution in [1.82, 2.24) is 15.1 Å². The number of benzene rings is 1. The summed E-state index contributed by atoms with van der Waals surface area (Å²) in [5.74, 6) is 0.993. The molecule has 1 aliphatic heterocycles. The smallest absolute Gasteiger partial charge is 0.151 e.